The van der Waals surface area contributed by atoms with Crippen molar-refractivity contribution in [2.45, 2.75) is 24.2 Å². The summed E-state index contributed by atoms with van der Waals surface area (Å²) in [5.41, 5.74) is -0.327. The first-order chi connectivity index (χ1) is 14.2. The van der Waals surface area contributed by atoms with Crippen LogP contribution >= 0.6 is 0 Å². The Bertz CT molecular complexity index is 1020. The summed E-state index contributed by atoms with van der Waals surface area (Å²) in [5.74, 6) is -5.07. The number of rotatable bonds is 6. The fourth-order valence-electron chi connectivity index (χ4n) is 3.40. The molecule has 0 unspecified atom stereocenters. The predicted molar refractivity (Wildman–Crippen MR) is 104 cm³/mol. The Labute approximate surface area is 172 Å². The number of anilines is 1. The molecular formula is C20H21F3N2O4S. The molecule has 30 heavy (non-hydrogen) atoms. The van der Waals surface area contributed by atoms with Crippen LogP contribution in [0, 0.1) is 23.4 Å². The third-order valence-corrected chi connectivity index (χ3v) is 6.98. The van der Waals surface area contributed by atoms with Gasteiger partial charge in [-0.15, -0.1) is 0 Å². The molecule has 0 atom stereocenters. The predicted octanol–water partition coefficient (Wildman–Crippen LogP) is 3.14. The fourth-order valence-corrected chi connectivity index (χ4v) is 4.91. The van der Waals surface area contributed by atoms with Gasteiger partial charge in [0, 0.05) is 43.1 Å². The fraction of sp³-hybridized carbons (Fsp3) is 0.350. The standard InChI is InChI=1S/C20H21F3N2O4S/c21-17-11-15(12-18(22)19(17)23)24-20(27)14-2-1-3-16(10-14)30(28,29)25-7-4-13(5-8-25)6-9-26/h1-3,10-13,26H,4-9H2,(H,24,27). The van der Waals surface area contributed by atoms with Crippen LogP contribution in [0.1, 0.15) is 29.6 Å². The van der Waals surface area contributed by atoms with Crippen LogP contribution < -0.4 is 5.32 Å². The molecule has 162 valence electrons. The molecule has 2 N–H and O–H groups in total. The topological polar surface area (TPSA) is 86.7 Å². The quantitative estimate of drug-likeness (QED) is 0.673. The summed E-state index contributed by atoms with van der Waals surface area (Å²) in [4.78, 5) is 12.3. The molecule has 0 saturated carbocycles. The maximum Gasteiger partial charge on any atom is 0.255 e. The molecule has 10 heteroatoms. The van der Waals surface area contributed by atoms with E-state index < -0.39 is 33.4 Å². The highest BCUT2D eigenvalue weighted by molar-refractivity contribution is 7.89. The van der Waals surface area contributed by atoms with Gasteiger partial charge >= 0.3 is 0 Å². The monoisotopic (exact) mass is 442 g/mol. The summed E-state index contributed by atoms with van der Waals surface area (Å²) < 4.78 is 66.9. The van der Waals surface area contributed by atoms with E-state index in [1.807, 2.05) is 0 Å². The zero-order valence-corrected chi connectivity index (χ0v) is 16.8. The van der Waals surface area contributed by atoms with Gasteiger partial charge in [0.05, 0.1) is 4.90 Å². The van der Waals surface area contributed by atoms with Gasteiger partial charge in [-0.2, -0.15) is 4.31 Å². The molecule has 0 aliphatic carbocycles. The lowest BCUT2D eigenvalue weighted by Crippen LogP contribution is -2.38. The Morgan fingerprint density at radius 1 is 1.10 bits per heavy atom. The molecule has 1 heterocycles. The van der Waals surface area contributed by atoms with Gasteiger partial charge in [0.25, 0.3) is 5.91 Å². The summed E-state index contributed by atoms with van der Waals surface area (Å²) in [6.07, 6.45) is 1.91. The van der Waals surface area contributed by atoms with Crippen LogP contribution in [0.3, 0.4) is 0 Å². The van der Waals surface area contributed by atoms with Gasteiger partial charge in [0.15, 0.2) is 17.5 Å². The third-order valence-electron chi connectivity index (χ3n) is 5.09. The molecule has 2 aromatic carbocycles. The number of carbonyl (C=O) groups excluding carboxylic acids is 1. The molecule has 1 aliphatic rings. The number of amides is 1. The highest BCUT2D eigenvalue weighted by Crippen LogP contribution is 2.26. The second kappa shape index (κ2) is 9.15. The highest BCUT2D eigenvalue weighted by Gasteiger charge is 2.29. The Morgan fingerprint density at radius 2 is 1.73 bits per heavy atom. The molecule has 2 aromatic rings. The van der Waals surface area contributed by atoms with Crippen LogP contribution in [-0.2, 0) is 10.0 Å². The van der Waals surface area contributed by atoms with E-state index in [0.717, 1.165) is 0 Å². The number of nitrogens with one attached hydrogen (secondary N) is 1. The van der Waals surface area contributed by atoms with Crippen LogP contribution in [-0.4, -0.2) is 43.4 Å². The second-order valence-electron chi connectivity index (χ2n) is 7.10. The summed E-state index contributed by atoms with van der Waals surface area (Å²) in [5, 5.41) is 11.3. The van der Waals surface area contributed by atoms with Crippen molar-refractivity contribution in [3.8, 4) is 0 Å². The van der Waals surface area contributed by atoms with Crippen molar-refractivity contribution < 1.29 is 31.5 Å². The number of halogens is 3. The van der Waals surface area contributed by atoms with E-state index in [2.05, 4.69) is 5.32 Å². The maximum absolute atomic E-state index is 13.3. The zero-order valence-electron chi connectivity index (χ0n) is 15.9. The lowest BCUT2D eigenvalue weighted by molar-refractivity contribution is 0.102. The van der Waals surface area contributed by atoms with E-state index in [1.165, 1.54) is 28.6 Å². The largest absolute Gasteiger partial charge is 0.396 e. The van der Waals surface area contributed by atoms with Gasteiger partial charge in [0.1, 0.15) is 0 Å². The van der Waals surface area contributed by atoms with Gasteiger partial charge < -0.3 is 10.4 Å². The molecular weight excluding hydrogens is 421 g/mol. The minimum Gasteiger partial charge on any atom is -0.396 e. The van der Waals surface area contributed by atoms with Gasteiger partial charge in [-0.1, -0.05) is 6.07 Å². The summed E-state index contributed by atoms with van der Waals surface area (Å²) in [6.45, 7) is 0.700. The summed E-state index contributed by atoms with van der Waals surface area (Å²) >= 11 is 0. The first-order valence-corrected chi connectivity index (χ1v) is 10.8. The molecule has 0 spiro atoms. The summed E-state index contributed by atoms with van der Waals surface area (Å²) in [7, 11) is -3.83. The Kier molecular flexibility index (Phi) is 6.79. The number of nitrogens with zero attached hydrogens (tertiary/aromatic N) is 1. The smallest absolute Gasteiger partial charge is 0.255 e. The molecule has 1 amide bonds. The Morgan fingerprint density at radius 3 is 2.33 bits per heavy atom. The van der Waals surface area contributed by atoms with Crippen LogP contribution in [0.5, 0.6) is 0 Å². The van der Waals surface area contributed by atoms with E-state index in [4.69, 9.17) is 5.11 Å². The SMILES string of the molecule is O=C(Nc1cc(F)c(F)c(F)c1)c1cccc(S(=O)(=O)N2CCC(CCO)CC2)c1. The number of benzene rings is 2. The number of hydrogen-bond donors (Lipinski definition) is 2. The minimum atomic E-state index is -3.83. The Balaban J connectivity index is 1.76. The highest BCUT2D eigenvalue weighted by atomic mass is 32.2. The number of aliphatic hydroxyl groups is 1. The van der Waals surface area contributed by atoms with E-state index in [1.54, 1.807) is 0 Å². The van der Waals surface area contributed by atoms with Crippen molar-refractivity contribution in [1.29, 1.82) is 0 Å². The van der Waals surface area contributed by atoms with E-state index in [0.29, 0.717) is 44.5 Å². The number of piperidine rings is 1. The van der Waals surface area contributed by atoms with Crippen molar-refractivity contribution in [3.63, 3.8) is 0 Å². The van der Waals surface area contributed by atoms with Crippen LogP contribution in [0.15, 0.2) is 41.3 Å². The lowest BCUT2D eigenvalue weighted by Gasteiger charge is -2.31. The average Bonchev–Trinajstić information content (AvgIpc) is 2.72. The number of sulfonamides is 1. The van der Waals surface area contributed by atoms with Crippen molar-refractivity contribution in [2.24, 2.45) is 5.92 Å². The maximum atomic E-state index is 13.3. The Hall–Kier alpha value is -2.43. The van der Waals surface area contributed by atoms with Crippen LogP contribution in [0.4, 0.5) is 18.9 Å². The van der Waals surface area contributed by atoms with Gasteiger partial charge in [0.2, 0.25) is 10.0 Å². The minimum absolute atomic E-state index is 0.0311. The van der Waals surface area contributed by atoms with Gasteiger partial charge in [-0.3, -0.25) is 4.79 Å². The van der Waals surface area contributed by atoms with Crippen molar-refractivity contribution in [3.05, 3.63) is 59.4 Å². The van der Waals surface area contributed by atoms with E-state index >= 15 is 0 Å². The molecule has 0 bridgehead atoms. The molecule has 3 rings (SSSR count). The van der Waals surface area contributed by atoms with Gasteiger partial charge in [-0.25, -0.2) is 21.6 Å². The van der Waals surface area contributed by atoms with Crippen molar-refractivity contribution in [1.82, 2.24) is 4.31 Å². The molecule has 1 aliphatic heterocycles. The zero-order chi connectivity index (χ0) is 21.9. The average molecular weight is 442 g/mol. The second-order valence-corrected chi connectivity index (χ2v) is 9.03. The first kappa shape index (κ1) is 22.3. The number of carbonyl (C=O) groups is 1. The van der Waals surface area contributed by atoms with E-state index in [-0.39, 0.29) is 28.7 Å². The first-order valence-electron chi connectivity index (χ1n) is 9.39. The van der Waals surface area contributed by atoms with Crippen molar-refractivity contribution >= 4 is 21.6 Å². The molecule has 1 saturated heterocycles. The van der Waals surface area contributed by atoms with Crippen LogP contribution in [0.25, 0.3) is 0 Å². The van der Waals surface area contributed by atoms with Crippen molar-refractivity contribution in [2.75, 3.05) is 25.0 Å². The molecule has 0 radical (unpaired) electrons. The number of aliphatic hydroxyl groups excluding tert-OH is 1. The lowest BCUT2D eigenvalue weighted by atomic mass is 9.95. The van der Waals surface area contributed by atoms with Crippen LogP contribution in [0.2, 0.25) is 0 Å². The third kappa shape index (κ3) is 4.82. The molecule has 0 aromatic heterocycles. The normalized spacial score (nSPS) is 15.9. The number of hydrogen-bond acceptors (Lipinski definition) is 4. The van der Waals surface area contributed by atoms with E-state index in [9.17, 15) is 26.4 Å². The van der Waals surface area contributed by atoms with Gasteiger partial charge in [-0.05, 0) is 43.4 Å². The molecule has 1 fully saturated rings. The molecule has 6 nitrogen and oxygen atoms in total. The summed E-state index contributed by atoms with van der Waals surface area (Å²) in [6, 6.07) is 6.56.